The van der Waals surface area contributed by atoms with Gasteiger partial charge in [0.25, 0.3) is 0 Å². The lowest BCUT2D eigenvalue weighted by Gasteiger charge is -2.26. The third-order valence-electron chi connectivity index (χ3n) is 3.65. The topological polar surface area (TPSA) is 64.9 Å². The molecule has 1 fully saturated rings. The summed E-state index contributed by atoms with van der Waals surface area (Å²) in [6, 6.07) is 3.07. The number of fused-ring (bicyclic) bond motifs is 3. The van der Waals surface area contributed by atoms with Crippen molar-refractivity contribution in [3.05, 3.63) is 29.8 Å². The fourth-order valence-electron chi connectivity index (χ4n) is 2.70. The Labute approximate surface area is 108 Å². The molecule has 98 valence electrons. The molecule has 1 N–H and O–H groups in total. The highest BCUT2D eigenvalue weighted by molar-refractivity contribution is 5.57. The Morgan fingerprint density at radius 2 is 2.32 bits per heavy atom. The highest BCUT2D eigenvalue weighted by Gasteiger charge is 2.37. The average molecular weight is 261 g/mol. The molecule has 2 aliphatic rings. The molecule has 4 heterocycles. The SMILES string of the molecule is Fc1cccnc1-c1nnn2c1CO[C@@H]1CNC[C@H]12. The van der Waals surface area contributed by atoms with Crippen molar-refractivity contribution in [1.82, 2.24) is 25.3 Å². The van der Waals surface area contributed by atoms with Gasteiger partial charge < -0.3 is 10.1 Å². The first-order chi connectivity index (χ1) is 9.34. The average Bonchev–Trinajstić information content (AvgIpc) is 3.04. The van der Waals surface area contributed by atoms with Crippen LogP contribution in [0.25, 0.3) is 11.4 Å². The summed E-state index contributed by atoms with van der Waals surface area (Å²) >= 11 is 0. The Balaban J connectivity index is 1.82. The minimum Gasteiger partial charge on any atom is -0.368 e. The second-order valence-electron chi connectivity index (χ2n) is 4.74. The van der Waals surface area contributed by atoms with Crippen molar-refractivity contribution in [2.24, 2.45) is 0 Å². The van der Waals surface area contributed by atoms with E-state index in [9.17, 15) is 4.39 Å². The molecule has 19 heavy (non-hydrogen) atoms. The lowest BCUT2D eigenvalue weighted by Crippen LogP contribution is -2.32. The molecular weight excluding hydrogens is 249 g/mol. The Hall–Kier alpha value is -1.86. The number of nitrogens with zero attached hydrogens (tertiary/aromatic N) is 4. The normalized spacial score (nSPS) is 25.1. The summed E-state index contributed by atoms with van der Waals surface area (Å²) in [5.74, 6) is -0.391. The Bertz CT molecular complexity index is 628. The van der Waals surface area contributed by atoms with Gasteiger partial charge in [0.2, 0.25) is 0 Å². The van der Waals surface area contributed by atoms with Crippen LogP contribution in [0.4, 0.5) is 4.39 Å². The molecule has 2 aromatic heterocycles. The van der Waals surface area contributed by atoms with Crippen molar-refractivity contribution in [3.8, 4) is 11.4 Å². The van der Waals surface area contributed by atoms with Gasteiger partial charge in [-0.05, 0) is 12.1 Å². The zero-order valence-electron chi connectivity index (χ0n) is 10.1. The van der Waals surface area contributed by atoms with Crippen molar-refractivity contribution in [2.45, 2.75) is 18.8 Å². The van der Waals surface area contributed by atoms with Gasteiger partial charge in [-0.15, -0.1) is 5.10 Å². The maximum Gasteiger partial charge on any atom is 0.151 e. The summed E-state index contributed by atoms with van der Waals surface area (Å²) in [5, 5.41) is 11.5. The second kappa shape index (κ2) is 4.07. The van der Waals surface area contributed by atoms with Gasteiger partial charge in [-0.3, -0.25) is 4.98 Å². The van der Waals surface area contributed by atoms with E-state index in [2.05, 4.69) is 20.6 Å². The summed E-state index contributed by atoms with van der Waals surface area (Å²) < 4.78 is 21.4. The number of nitrogens with one attached hydrogen (secondary N) is 1. The molecule has 0 unspecified atom stereocenters. The monoisotopic (exact) mass is 261 g/mol. The quantitative estimate of drug-likeness (QED) is 0.811. The number of aromatic nitrogens is 4. The maximum atomic E-state index is 13.8. The second-order valence-corrected chi connectivity index (χ2v) is 4.74. The molecule has 2 aromatic rings. The van der Waals surface area contributed by atoms with Gasteiger partial charge in [0, 0.05) is 19.3 Å². The number of rotatable bonds is 1. The Morgan fingerprint density at radius 1 is 1.37 bits per heavy atom. The van der Waals surface area contributed by atoms with E-state index < -0.39 is 5.82 Å². The maximum absolute atomic E-state index is 13.8. The number of pyridine rings is 1. The first-order valence-corrected chi connectivity index (χ1v) is 6.22. The van der Waals surface area contributed by atoms with Crippen LogP contribution < -0.4 is 5.32 Å². The molecule has 0 aromatic carbocycles. The molecule has 4 rings (SSSR count). The van der Waals surface area contributed by atoms with Gasteiger partial charge >= 0.3 is 0 Å². The summed E-state index contributed by atoms with van der Waals surface area (Å²) in [6.07, 6.45) is 1.67. The van der Waals surface area contributed by atoms with Crippen LogP contribution in [0.1, 0.15) is 11.7 Å². The molecule has 2 atom stereocenters. The van der Waals surface area contributed by atoms with E-state index in [4.69, 9.17) is 4.74 Å². The van der Waals surface area contributed by atoms with Gasteiger partial charge in [-0.2, -0.15) is 0 Å². The molecule has 0 aliphatic carbocycles. The van der Waals surface area contributed by atoms with E-state index in [1.165, 1.54) is 6.07 Å². The van der Waals surface area contributed by atoms with E-state index in [1.807, 2.05) is 4.68 Å². The number of ether oxygens (including phenoxy) is 1. The van der Waals surface area contributed by atoms with Crippen molar-refractivity contribution < 1.29 is 9.13 Å². The molecular formula is C12H12FN5O. The number of halogens is 1. The van der Waals surface area contributed by atoms with Gasteiger partial charge in [0.1, 0.15) is 11.4 Å². The van der Waals surface area contributed by atoms with Crippen LogP contribution in [0.3, 0.4) is 0 Å². The first-order valence-electron chi connectivity index (χ1n) is 6.22. The smallest absolute Gasteiger partial charge is 0.151 e. The van der Waals surface area contributed by atoms with Crippen molar-refractivity contribution in [3.63, 3.8) is 0 Å². The highest BCUT2D eigenvalue weighted by atomic mass is 19.1. The zero-order valence-corrected chi connectivity index (χ0v) is 10.1. The lowest BCUT2D eigenvalue weighted by molar-refractivity contribution is -0.00263. The molecule has 2 aliphatic heterocycles. The fourth-order valence-corrected chi connectivity index (χ4v) is 2.70. The third kappa shape index (κ3) is 1.58. The molecule has 0 amide bonds. The van der Waals surface area contributed by atoms with E-state index in [-0.39, 0.29) is 17.8 Å². The Morgan fingerprint density at radius 3 is 3.21 bits per heavy atom. The predicted octanol–water partition coefficient (Wildman–Crippen LogP) is 0.522. The standard InChI is InChI=1S/C12H12FN5O/c13-7-2-1-3-15-11(7)12-9-6-19-10-5-14-4-8(10)18(9)17-16-12/h1-3,8,10,14H,4-6H2/t8-,10-/m1/s1. The van der Waals surface area contributed by atoms with Gasteiger partial charge in [0.05, 0.1) is 24.4 Å². The van der Waals surface area contributed by atoms with Crippen LogP contribution in [0.2, 0.25) is 0 Å². The van der Waals surface area contributed by atoms with Crippen LogP contribution in [0.15, 0.2) is 18.3 Å². The Kier molecular flexibility index (Phi) is 2.36. The molecule has 0 spiro atoms. The third-order valence-corrected chi connectivity index (χ3v) is 3.65. The molecule has 0 bridgehead atoms. The summed E-state index contributed by atoms with van der Waals surface area (Å²) in [5.41, 5.74) is 1.50. The van der Waals surface area contributed by atoms with E-state index in [1.54, 1.807) is 12.3 Å². The van der Waals surface area contributed by atoms with Crippen molar-refractivity contribution >= 4 is 0 Å². The van der Waals surface area contributed by atoms with Gasteiger partial charge in [-0.25, -0.2) is 9.07 Å². The lowest BCUT2D eigenvalue weighted by atomic mass is 10.1. The molecule has 0 saturated carbocycles. The van der Waals surface area contributed by atoms with Gasteiger partial charge in [0.15, 0.2) is 5.82 Å². The molecule has 6 nitrogen and oxygen atoms in total. The van der Waals surface area contributed by atoms with Crippen LogP contribution >= 0.6 is 0 Å². The zero-order chi connectivity index (χ0) is 12.8. The van der Waals surface area contributed by atoms with Crippen LogP contribution in [-0.4, -0.2) is 39.2 Å². The predicted molar refractivity (Wildman–Crippen MR) is 63.7 cm³/mol. The minimum atomic E-state index is -0.391. The summed E-state index contributed by atoms with van der Waals surface area (Å²) in [6.45, 7) is 2.00. The van der Waals surface area contributed by atoms with Crippen LogP contribution in [-0.2, 0) is 11.3 Å². The highest BCUT2D eigenvalue weighted by Crippen LogP contribution is 2.31. The molecule has 0 radical (unpaired) electrons. The first kappa shape index (κ1) is 11.0. The summed E-state index contributed by atoms with van der Waals surface area (Å²) in [4.78, 5) is 4.05. The number of hydrogen-bond donors (Lipinski definition) is 1. The van der Waals surface area contributed by atoms with Crippen molar-refractivity contribution in [2.75, 3.05) is 13.1 Å². The van der Waals surface area contributed by atoms with E-state index in [0.29, 0.717) is 12.3 Å². The summed E-state index contributed by atoms with van der Waals surface area (Å²) in [7, 11) is 0. The van der Waals surface area contributed by atoms with E-state index in [0.717, 1.165) is 18.8 Å². The van der Waals surface area contributed by atoms with Gasteiger partial charge in [-0.1, -0.05) is 5.21 Å². The van der Waals surface area contributed by atoms with Crippen LogP contribution in [0, 0.1) is 5.82 Å². The van der Waals surface area contributed by atoms with E-state index >= 15 is 0 Å². The van der Waals surface area contributed by atoms with Crippen LogP contribution in [0.5, 0.6) is 0 Å². The molecule has 7 heteroatoms. The fraction of sp³-hybridized carbons (Fsp3) is 0.417. The van der Waals surface area contributed by atoms with Crippen molar-refractivity contribution in [1.29, 1.82) is 0 Å². The molecule has 1 saturated heterocycles. The number of hydrogen-bond acceptors (Lipinski definition) is 5. The largest absolute Gasteiger partial charge is 0.368 e. The minimum absolute atomic E-state index is 0.121.